The van der Waals surface area contributed by atoms with E-state index < -0.39 is 0 Å². The molecule has 0 fully saturated rings. The largest absolute Gasteiger partial charge is 0.497 e. The van der Waals surface area contributed by atoms with Crippen LogP contribution in [0.15, 0.2) is 36.7 Å². The van der Waals surface area contributed by atoms with E-state index in [-0.39, 0.29) is 5.91 Å². The van der Waals surface area contributed by atoms with Crippen LogP contribution in [-0.2, 0) is 11.2 Å². The number of carbonyl (C=O) groups excluding carboxylic acids is 1. The van der Waals surface area contributed by atoms with Gasteiger partial charge in [-0.1, -0.05) is 12.1 Å². The zero-order valence-corrected chi connectivity index (χ0v) is 13.4. The van der Waals surface area contributed by atoms with Gasteiger partial charge in [-0.15, -0.1) is 0 Å². The molecule has 0 atom stereocenters. The van der Waals surface area contributed by atoms with Crippen molar-refractivity contribution in [1.29, 1.82) is 0 Å². The Kier molecular flexibility index (Phi) is 5.58. The van der Waals surface area contributed by atoms with Crippen molar-refractivity contribution >= 4 is 11.6 Å². The maximum absolute atomic E-state index is 11.9. The van der Waals surface area contributed by atoms with Gasteiger partial charge in [0.25, 0.3) is 0 Å². The highest BCUT2D eigenvalue weighted by molar-refractivity contribution is 5.90. The number of nitrogens with one attached hydrogen (secondary N) is 1. The van der Waals surface area contributed by atoms with Crippen LogP contribution in [0.1, 0.15) is 38.3 Å². The molecule has 0 saturated carbocycles. The minimum absolute atomic E-state index is 0.0248. The maximum atomic E-state index is 11.9. The molecule has 1 N–H and O–H groups in total. The highest BCUT2D eigenvalue weighted by Gasteiger charge is 2.06. The van der Waals surface area contributed by atoms with E-state index in [1.165, 1.54) is 5.56 Å². The van der Waals surface area contributed by atoms with Crippen molar-refractivity contribution in [3.8, 4) is 5.75 Å². The molecule has 1 heterocycles. The first-order valence-corrected chi connectivity index (χ1v) is 7.55. The van der Waals surface area contributed by atoms with E-state index in [9.17, 15) is 4.79 Å². The van der Waals surface area contributed by atoms with Crippen LogP contribution in [0.4, 0.5) is 5.69 Å². The van der Waals surface area contributed by atoms with Crippen molar-refractivity contribution in [3.63, 3.8) is 0 Å². The number of hydrogen-bond acceptors (Lipinski definition) is 3. The van der Waals surface area contributed by atoms with Crippen molar-refractivity contribution in [2.45, 2.75) is 39.2 Å². The number of ether oxygens (including phenoxy) is 1. The van der Waals surface area contributed by atoms with Gasteiger partial charge in [-0.25, -0.2) is 0 Å². The van der Waals surface area contributed by atoms with Crippen molar-refractivity contribution in [1.82, 2.24) is 9.78 Å². The van der Waals surface area contributed by atoms with Gasteiger partial charge in [-0.2, -0.15) is 5.10 Å². The van der Waals surface area contributed by atoms with Gasteiger partial charge in [0.15, 0.2) is 0 Å². The molecule has 1 amide bonds. The first-order chi connectivity index (χ1) is 10.6. The zero-order chi connectivity index (χ0) is 15.9. The molecular weight excluding hydrogens is 278 g/mol. The highest BCUT2D eigenvalue weighted by atomic mass is 16.5. The summed E-state index contributed by atoms with van der Waals surface area (Å²) in [5.74, 6) is 0.875. The summed E-state index contributed by atoms with van der Waals surface area (Å²) in [6.07, 6.45) is 5.73. The van der Waals surface area contributed by atoms with Crippen LogP contribution in [0.2, 0.25) is 0 Å². The number of benzene rings is 1. The van der Waals surface area contributed by atoms with Gasteiger partial charge >= 0.3 is 0 Å². The first-order valence-electron chi connectivity index (χ1n) is 7.55. The van der Waals surface area contributed by atoms with Crippen molar-refractivity contribution in [3.05, 3.63) is 42.2 Å². The van der Waals surface area contributed by atoms with Crippen molar-refractivity contribution in [2.24, 2.45) is 0 Å². The molecule has 0 unspecified atom stereocenters. The molecule has 0 aliphatic heterocycles. The van der Waals surface area contributed by atoms with E-state index in [0.717, 1.165) is 24.3 Å². The second-order valence-electron chi connectivity index (χ2n) is 5.55. The molecule has 5 heteroatoms. The molecule has 0 radical (unpaired) electrons. The van der Waals surface area contributed by atoms with Crippen LogP contribution < -0.4 is 10.1 Å². The number of amides is 1. The fourth-order valence-electron chi connectivity index (χ4n) is 2.15. The van der Waals surface area contributed by atoms with Crippen LogP contribution >= 0.6 is 0 Å². The summed E-state index contributed by atoms with van der Waals surface area (Å²) in [6, 6.07) is 8.24. The Morgan fingerprint density at radius 2 is 2.05 bits per heavy atom. The lowest BCUT2D eigenvalue weighted by atomic mass is 10.1. The summed E-state index contributed by atoms with van der Waals surface area (Å²) < 4.78 is 6.95. The third kappa shape index (κ3) is 4.62. The number of rotatable bonds is 7. The minimum atomic E-state index is 0.0248. The van der Waals surface area contributed by atoms with Gasteiger partial charge in [0.2, 0.25) is 5.91 Å². The number of aromatic nitrogens is 2. The summed E-state index contributed by atoms with van der Waals surface area (Å²) in [6.45, 7) is 4.10. The average Bonchev–Trinajstić information content (AvgIpc) is 2.96. The second-order valence-corrected chi connectivity index (χ2v) is 5.55. The molecule has 5 nitrogen and oxygen atoms in total. The Labute approximate surface area is 131 Å². The number of anilines is 1. The first kappa shape index (κ1) is 16.1. The highest BCUT2D eigenvalue weighted by Crippen LogP contribution is 2.14. The lowest BCUT2D eigenvalue weighted by molar-refractivity contribution is -0.116. The number of hydrogen-bond donors (Lipinski definition) is 1. The molecule has 0 aliphatic carbocycles. The van der Waals surface area contributed by atoms with Crippen LogP contribution in [0.5, 0.6) is 5.75 Å². The van der Waals surface area contributed by atoms with Gasteiger partial charge < -0.3 is 10.1 Å². The van der Waals surface area contributed by atoms with Crippen LogP contribution in [0.25, 0.3) is 0 Å². The van der Waals surface area contributed by atoms with Crippen molar-refractivity contribution in [2.75, 3.05) is 12.4 Å². The Bertz CT molecular complexity index is 603. The van der Waals surface area contributed by atoms with E-state index in [2.05, 4.69) is 10.4 Å². The number of carbonyl (C=O) groups is 1. The third-order valence-electron chi connectivity index (χ3n) is 3.44. The fourth-order valence-corrected chi connectivity index (χ4v) is 2.15. The number of methoxy groups -OCH3 is 1. The molecule has 2 rings (SSSR count). The second kappa shape index (κ2) is 7.64. The number of aryl methyl sites for hydroxylation is 1. The van der Waals surface area contributed by atoms with E-state index >= 15 is 0 Å². The Morgan fingerprint density at radius 3 is 2.64 bits per heavy atom. The lowest BCUT2D eigenvalue weighted by Crippen LogP contribution is -2.11. The maximum Gasteiger partial charge on any atom is 0.224 e. The molecule has 2 aromatic rings. The summed E-state index contributed by atoms with van der Waals surface area (Å²) in [5.41, 5.74) is 1.96. The molecule has 22 heavy (non-hydrogen) atoms. The monoisotopic (exact) mass is 301 g/mol. The summed E-state index contributed by atoms with van der Waals surface area (Å²) in [4.78, 5) is 11.9. The molecule has 118 valence electrons. The van der Waals surface area contributed by atoms with Gasteiger partial charge in [-0.3, -0.25) is 9.48 Å². The van der Waals surface area contributed by atoms with E-state index in [0.29, 0.717) is 12.5 Å². The Balaban J connectivity index is 1.74. The normalized spacial score (nSPS) is 10.7. The molecule has 0 saturated heterocycles. The van der Waals surface area contributed by atoms with Crippen LogP contribution in [0, 0.1) is 0 Å². The molecule has 0 aliphatic rings. The smallest absolute Gasteiger partial charge is 0.224 e. The standard InChI is InChI=1S/C17H23N3O2/c1-13(2)20-12-15(11-18-20)19-17(21)6-4-5-14-7-9-16(22-3)10-8-14/h7-13H,4-6H2,1-3H3,(H,19,21). The van der Waals surface area contributed by atoms with Gasteiger partial charge in [-0.05, 0) is 44.4 Å². The topological polar surface area (TPSA) is 56.1 Å². The van der Waals surface area contributed by atoms with Gasteiger partial charge in [0, 0.05) is 18.7 Å². The van der Waals surface area contributed by atoms with E-state index in [1.807, 2.05) is 49.0 Å². The fraction of sp³-hybridized carbons (Fsp3) is 0.412. The molecule has 0 bridgehead atoms. The molecular formula is C17H23N3O2. The van der Waals surface area contributed by atoms with Crippen LogP contribution in [0.3, 0.4) is 0 Å². The lowest BCUT2D eigenvalue weighted by Gasteiger charge is -2.05. The summed E-state index contributed by atoms with van der Waals surface area (Å²) >= 11 is 0. The van der Waals surface area contributed by atoms with E-state index in [1.54, 1.807) is 13.3 Å². The molecule has 0 spiro atoms. The van der Waals surface area contributed by atoms with E-state index in [4.69, 9.17) is 4.74 Å². The molecule has 1 aromatic carbocycles. The third-order valence-corrected chi connectivity index (χ3v) is 3.44. The Morgan fingerprint density at radius 1 is 1.32 bits per heavy atom. The summed E-state index contributed by atoms with van der Waals surface area (Å²) in [7, 11) is 1.65. The quantitative estimate of drug-likeness (QED) is 0.852. The summed E-state index contributed by atoms with van der Waals surface area (Å²) in [5, 5.41) is 7.08. The Hall–Kier alpha value is -2.30. The van der Waals surface area contributed by atoms with Gasteiger partial charge in [0.05, 0.1) is 19.0 Å². The van der Waals surface area contributed by atoms with Crippen LogP contribution in [-0.4, -0.2) is 22.8 Å². The SMILES string of the molecule is COc1ccc(CCCC(=O)Nc2cnn(C(C)C)c2)cc1. The zero-order valence-electron chi connectivity index (χ0n) is 13.4. The van der Waals surface area contributed by atoms with Crippen molar-refractivity contribution < 1.29 is 9.53 Å². The number of nitrogens with zero attached hydrogens (tertiary/aromatic N) is 2. The van der Waals surface area contributed by atoms with Gasteiger partial charge in [0.1, 0.15) is 5.75 Å². The average molecular weight is 301 g/mol. The molecule has 1 aromatic heterocycles. The minimum Gasteiger partial charge on any atom is -0.497 e. The predicted octanol–water partition coefficient (Wildman–Crippen LogP) is 3.43. The predicted molar refractivity (Wildman–Crippen MR) is 87.2 cm³/mol.